The number of aromatic nitrogens is 1. The van der Waals surface area contributed by atoms with Crippen molar-refractivity contribution in [3.63, 3.8) is 0 Å². The number of aryl methyl sites for hydroxylation is 1. The molecule has 1 heterocycles. The van der Waals surface area contributed by atoms with Crippen LogP contribution in [-0.2, 0) is 0 Å². The van der Waals surface area contributed by atoms with Gasteiger partial charge >= 0.3 is 0 Å². The van der Waals surface area contributed by atoms with Crippen molar-refractivity contribution in [3.8, 4) is 5.75 Å². The third-order valence-electron chi connectivity index (χ3n) is 3.61. The molecule has 0 fully saturated rings. The predicted molar refractivity (Wildman–Crippen MR) is 91.5 cm³/mol. The molecule has 22 heavy (non-hydrogen) atoms. The van der Waals surface area contributed by atoms with Gasteiger partial charge in [-0.3, -0.25) is 4.98 Å². The fraction of sp³-hybridized carbons (Fsp3) is 0.211. The highest BCUT2D eigenvalue weighted by Gasteiger charge is 2.08. The van der Waals surface area contributed by atoms with Gasteiger partial charge in [-0.05, 0) is 37.6 Å². The summed E-state index contributed by atoms with van der Waals surface area (Å²) in [5.41, 5.74) is 3.28. The molecular weight excluding hydrogens is 272 g/mol. The first-order chi connectivity index (χ1) is 10.7. The van der Waals surface area contributed by atoms with Gasteiger partial charge in [0.2, 0.25) is 0 Å². The van der Waals surface area contributed by atoms with Crippen molar-refractivity contribution in [2.45, 2.75) is 20.0 Å². The summed E-state index contributed by atoms with van der Waals surface area (Å²) in [6.45, 7) is 4.88. The van der Waals surface area contributed by atoms with Gasteiger partial charge in [0.1, 0.15) is 11.9 Å². The Bertz CT molecular complexity index is 756. The molecular formula is C19H20N2O. The van der Waals surface area contributed by atoms with Crippen LogP contribution in [0.2, 0.25) is 0 Å². The van der Waals surface area contributed by atoms with Crippen LogP contribution in [0.3, 0.4) is 0 Å². The molecule has 1 aromatic heterocycles. The molecule has 1 unspecified atom stereocenters. The van der Waals surface area contributed by atoms with E-state index in [1.54, 1.807) is 0 Å². The van der Waals surface area contributed by atoms with Crippen LogP contribution in [0.5, 0.6) is 5.75 Å². The predicted octanol–water partition coefficient (Wildman–Crippen LogP) is 4.42. The Balaban J connectivity index is 1.72. The molecule has 3 nitrogen and oxygen atoms in total. The monoisotopic (exact) mass is 292 g/mol. The molecule has 0 radical (unpaired) electrons. The van der Waals surface area contributed by atoms with Gasteiger partial charge in [0.25, 0.3) is 0 Å². The molecule has 3 rings (SSSR count). The molecule has 1 N–H and O–H groups in total. The van der Waals surface area contributed by atoms with E-state index in [4.69, 9.17) is 4.74 Å². The van der Waals surface area contributed by atoms with Crippen LogP contribution in [0.1, 0.15) is 12.5 Å². The van der Waals surface area contributed by atoms with Crippen molar-refractivity contribution in [3.05, 3.63) is 66.4 Å². The number of anilines is 1. The van der Waals surface area contributed by atoms with Crippen LogP contribution in [0.4, 0.5) is 5.69 Å². The number of hydrogen-bond donors (Lipinski definition) is 1. The van der Waals surface area contributed by atoms with Crippen LogP contribution in [0.15, 0.2) is 60.8 Å². The number of pyridine rings is 1. The summed E-state index contributed by atoms with van der Waals surface area (Å²) in [5, 5.41) is 4.66. The van der Waals surface area contributed by atoms with Gasteiger partial charge in [0.05, 0.1) is 12.1 Å². The van der Waals surface area contributed by atoms with Crippen molar-refractivity contribution in [2.75, 3.05) is 11.9 Å². The zero-order chi connectivity index (χ0) is 15.4. The van der Waals surface area contributed by atoms with E-state index in [9.17, 15) is 0 Å². The van der Waals surface area contributed by atoms with Crippen LogP contribution in [-0.4, -0.2) is 17.6 Å². The Morgan fingerprint density at radius 3 is 2.59 bits per heavy atom. The summed E-state index contributed by atoms with van der Waals surface area (Å²) in [7, 11) is 0. The Morgan fingerprint density at radius 1 is 1.05 bits per heavy atom. The maximum Gasteiger partial charge on any atom is 0.119 e. The molecule has 0 aliphatic heterocycles. The van der Waals surface area contributed by atoms with E-state index in [2.05, 4.69) is 30.2 Å². The van der Waals surface area contributed by atoms with Crippen LogP contribution in [0.25, 0.3) is 10.9 Å². The van der Waals surface area contributed by atoms with Crippen molar-refractivity contribution >= 4 is 16.6 Å². The minimum absolute atomic E-state index is 0.0775. The molecule has 0 saturated heterocycles. The fourth-order valence-electron chi connectivity index (χ4n) is 2.49. The molecule has 2 aromatic carbocycles. The topological polar surface area (TPSA) is 34.2 Å². The summed E-state index contributed by atoms with van der Waals surface area (Å²) < 4.78 is 5.91. The molecule has 0 aliphatic carbocycles. The van der Waals surface area contributed by atoms with Gasteiger partial charge in [0.15, 0.2) is 0 Å². The van der Waals surface area contributed by atoms with Crippen molar-refractivity contribution in [1.29, 1.82) is 0 Å². The lowest BCUT2D eigenvalue weighted by Crippen LogP contribution is -2.23. The zero-order valence-corrected chi connectivity index (χ0v) is 12.9. The summed E-state index contributed by atoms with van der Waals surface area (Å²) in [6, 6.07) is 18.1. The maximum absolute atomic E-state index is 5.91. The van der Waals surface area contributed by atoms with E-state index >= 15 is 0 Å². The minimum Gasteiger partial charge on any atom is -0.489 e. The van der Waals surface area contributed by atoms with E-state index in [1.165, 1.54) is 0 Å². The van der Waals surface area contributed by atoms with E-state index in [-0.39, 0.29) is 6.10 Å². The summed E-state index contributed by atoms with van der Waals surface area (Å²) >= 11 is 0. The first-order valence-electron chi connectivity index (χ1n) is 7.54. The minimum atomic E-state index is 0.0775. The van der Waals surface area contributed by atoms with Crippen LogP contribution < -0.4 is 10.1 Å². The van der Waals surface area contributed by atoms with E-state index in [0.29, 0.717) is 0 Å². The number of hydrogen-bond acceptors (Lipinski definition) is 3. The smallest absolute Gasteiger partial charge is 0.119 e. The van der Waals surface area contributed by atoms with Gasteiger partial charge < -0.3 is 10.1 Å². The second-order valence-corrected chi connectivity index (χ2v) is 5.46. The Morgan fingerprint density at radius 2 is 1.77 bits per heavy atom. The van der Waals surface area contributed by atoms with Crippen LogP contribution in [0, 0.1) is 6.92 Å². The normalized spacial score (nSPS) is 12.1. The molecule has 3 aromatic rings. The first kappa shape index (κ1) is 14.4. The van der Waals surface area contributed by atoms with E-state index in [1.807, 2.05) is 54.7 Å². The highest BCUT2D eigenvalue weighted by molar-refractivity contribution is 5.92. The summed E-state index contributed by atoms with van der Waals surface area (Å²) in [6.07, 6.45) is 1.99. The average molecular weight is 292 g/mol. The Kier molecular flexibility index (Phi) is 4.24. The zero-order valence-electron chi connectivity index (χ0n) is 12.9. The van der Waals surface area contributed by atoms with Crippen molar-refractivity contribution < 1.29 is 4.74 Å². The van der Waals surface area contributed by atoms with Gasteiger partial charge in [-0.15, -0.1) is 0 Å². The highest BCUT2D eigenvalue weighted by atomic mass is 16.5. The van der Waals surface area contributed by atoms with Gasteiger partial charge in [-0.2, -0.15) is 0 Å². The quantitative estimate of drug-likeness (QED) is 0.755. The molecule has 0 amide bonds. The third-order valence-corrected chi connectivity index (χ3v) is 3.61. The molecule has 1 atom stereocenters. The largest absolute Gasteiger partial charge is 0.489 e. The first-order valence-corrected chi connectivity index (χ1v) is 7.54. The molecule has 0 saturated carbocycles. The second kappa shape index (κ2) is 6.48. The Labute approximate surface area is 131 Å². The van der Waals surface area contributed by atoms with Crippen molar-refractivity contribution in [1.82, 2.24) is 4.98 Å². The second-order valence-electron chi connectivity index (χ2n) is 5.46. The number of benzene rings is 2. The van der Waals surface area contributed by atoms with E-state index in [0.717, 1.165) is 34.4 Å². The van der Waals surface area contributed by atoms with Gasteiger partial charge in [-0.1, -0.05) is 36.4 Å². The van der Waals surface area contributed by atoms with Crippen molar-refractivity contribution in [2.24, 2.45) is 0 Å². The fourth-order valence-corrected chi connectivity index (χ4v) is 2.49. The average Bonchev–Trinajstić information content (AvgIpc) is 2.55. The number of rotatable bonds is 5. The molecule has 0 spiro atoms. The number of ether oxygens (including phenoxy) is 1. The molecule has 3 heteroatoms. The van der Waals surface area contributed by atoms with Crippen LogP contribution >= 0.6 is 0 Å². The summed E-state index contributed by atoms with van der Waals surface area (Å²) in [5.74, 6) is 0.896. The lowest BCUT2D eigenvalue weighted by molar-refractivity contribution is 0.235. The number of nitrogens with one attached hydrogen (secondary N) is 1. The standard InChI is InChI=1S/C19H20N2O/c1-14-12-20-18-11-7-6-10-17(18)19(14)21-13-15(2)22-16-8-4-3-5-9-16/h3-12,15H,13H2,1-2H3,(H,20,21). The highest BCUT2D eigenvalue weighted by Crippen LogP contribution is 2.25. The van der Waals surface area contributed by atoms with Gasteiger partial charge in [0, 0.05) is 17.3 Å². The number of fused-ring (bicyclic) bond motifs is 1. The number of para-hydroxylation sites is 2. The Hall–Kier alpha value is -2.55. The summed E-state index contributed by atoms with van der Waals surface area (Å²) in [4.78, 5) is 4.47. The SMILES string of the molecule is Cc1cnc2ccccc2c1NCC(C)Oc1ccccc1. The lowest BCUT2D eigenvalue weighted by Gasteiger charge is -2.18. The maximum atomic E-state index is 5.91. The van der Waals surface area contributed by atoms with Gasteiger partial charge in [-0.25, -0.2) is 0 Å². The lowest BCUT2D eigenvalue weighted by atomic mass is 10.1. The number of nitrogens with zero attached hydrogens (tertiary/aromatic N) is 1. The molecule has 112 valence electrons. The molecule has 0 bridgehead atoms. The van der Waals surface area contributed by atoms with E-state index < -0.39 is 0 Å². The molecule has 0 aliphatic rings. The third kappa shape index (κ3) is 3.19.